The van der Waals surface area contributed by atoms with Gasteiger partial charge < -0.3 is 30.3 Å². The largest absolute Gasteiger partial charge is 0.463 e. The summed E-state index contributed by atoms with van der Waals surface area (Å²) >= 11 is 0. The van der Waals surface area contributed by atoms with Crippen LogP contribution in [0, 0.1) is 0 Å². The highest BCUT2D eigenvalue weighted by Gasteiger charge is 2.37. The molecule has 1 unspecified atom stereocenters. The van der Waals surface area contributed by atoms with E-state index < -0.39 is 48.9 Å². The summed E-state index contributed by atoms with van der Waals surface area (Å²) in [6, 6.07) is 0. The van der Waals surface area contributed by atoms with Crippen LogP contribution in [0.5, 0.6) is 0 Å². The van der Waals surface area contributed by atoms with Gasteiger partial charge in [-0.3, -0.25) is 9.59 Å². The quantitative estimate of drug-likeness (QED) is 0.199. The normalized spacial score (nSPS) is 17.2. The number of unbranched alkanes of at least 4 members (excludes halogenated alkanes) is 4. The third-order valence-corrected chi connectivity index (χ3v) is 4.17. The second-order valence-electron chi connectivity index (χ2n) is 6.55. The number of hydrogen-bond donors (Lipinski definition) is 5. The predicted molar refractivity (Wildman–Crippen MR) is 94.3 cm³/mol. The van der Waals surface area contributed by atoms with E-state index in [4.69, 9.17) is 4.74 Å². The van der Waals surface area contributed by atoms with Gasteiger partial charge in [-0.25, -0.2) is 0 Å². The van der Waals surface area contributed by atoms with Crippen LogP contribution < -0.4 is 0 Å². The molecule has 8 nitrogen and oxygen atoms in total. The van der Waals surface area contributed by atoms with Crippen molar-refractivity contribution >= 4 is 11.8 Å². The molecule has 0 aromatic heterocycles. The number of ether oxygens (including phenoxy) is 1. The molecule has 0 radical (unpaired) electrons. The molecule has 5 atom stereocenters. The molecular weight excluding hydrogens is 344 g/mol. The van der Waals surface area contributed by atoms with E-state index in [1.165, 1.54) is 0 Å². The van der Waals surface area contributed by atoms with Gasteiger partial charge in [-0.2, -0.15) is 0 Å². The third-order valence-electron chi connectivity index (χ3n) is 4.17. The van der Waals surface area contributed by atoms with E-state index in [1.54, 1.807) is 0 Å². The molecule has 0 saturated carbocycles. The zero-order valence-corrected chi connectivity index (χ0v) is 15.7. The number of carbonyl (C=O) groups excluding carboxylic acids is 2. The smallest absolute Gasteiger partial charge is 0.305 e. The molecule has 0 fully saturated rings. The highest BCUT2D eigenvalue weighted by atomic mass is 16.5. The van der Waals surface area contributed by atoms with Gasteiger partial charge in [-0.05, 0) is 12.8 Å². The minimum absolute atomic E-state index is 0.0484. The topological polar surface area (TPSA) is 145 Å². The van der Waals surface area contributed by atoms with Gasteiger partial charge in [0.1, 0.15) is 37.1 Å². The molecule has 154 valence electrons. The summed E-state index contributed by atoms with van der Waals surface area (Å²) in [5.41, 5.74) is 0. The maximum Gasteiger partial charge on any atom is 0.305 e. The Hall–Kier alpha value is -1.06. The van der Waals surface area contributed by atoms with E-state index in [-0.39, 0.29) is 12.8 Å². The molecule has 0 rings (SSSR count). The van der Waals surface area contributed by atoms with E-state index in [2.05, 4.69) is 0 Å². The van der Waals surface area contributed by atoms with Gasteiger partial charge >= 0.3 is 5.97 Å². The lowest BCUT2D eigenvalue weighted by atomic mass is 9.95. The first kappa shape index (κ1) is 24.9. The van der Waals surface area contributed by atoms with E-state index in [0.29, 0.717) is 12.8 Å². The van der Waals surface area contributed by atoms with Crippen molar-refractivity contribution in [2.45, 2.75) is 95.7 Å². The van der Waals surface area contributed by atoms with Gasteiger partial charge in [-0.15, -0.1) is 0 Å². The Bertz CT molecular complexity index is 401. The summed E-state index contributed by atoms with van der Waals surface area (Å²) in [6.45, 7) is 3.38. The fourth-order valence-electron chi connectivity index (χ4n) is 2.37. The standard InChI is InChI=1S/C18H34O8/c1-3-5-7-9-12(19)15(22)17(24)18(25)16(23)13(20)11-26-14(21)10-8-6-4-2/h13,15-18,20,22-25H,3-11H2,1-2H3/t13-,15?,16-,17+,18-/m1/s1. The van der Waals surface area contributed by atoms with E-state index in [9.17, 15) is 35.1 Å². The highest BCUT2D eigenvalue weighted by molar-refractivity contribution is 5.83. The number of Topliss-reactive ketones (excluding diaryl/α,β-unsaturated/α-hetero) is 1. The van der Waals surface area contributed by atoms with E-state index >= 15 is 0 Å². The molecule has 0 aromatic rings. The van der Waals surface area contributed by atoms with Crippen LogP contribution in [0.2, 0.25) is 0 Å². The van der Waals surface area contributed by atoms with Gasteiger partial charge in [0.15, 0.2) is 5.78 Å². The Morgan fingerprint density at radius 2 is 1.31 bits per heavy atom. The Morgan fingerprint density at radius 1 is 0.769 bits per heavy atom. The van der Waals surface area contributed by atoms with Gasteiger partial charge in [-0.1, -0.05) is 39.5 Å². The fourth-order valence-corrected chi connectivity index (χ4v) is 2.37. The molecular formula is C18H34O8. The Morgan fingerprint density at radius 3 is 1.85 bits per heavy atom. The SMILES string of the molecule is CCCCCC(=O)OC[C@@H](O)[C@@H](O)[C@@H](O)[C@@H](O)C(O)C(=O)CCCCC. The first-order valence-electron chi connectivity index (χ1n) is 9.34. The van der Waals surface area contributed by atoms with Crippen molar-refractivity contribution < 1.29 is 39.9 Å². The van der Waals surface area contributed by atoms with Crippen LogP contribution in [-0.4, -0.2) is 74.4 Å². The van der Waals surface area contributed by atoms with Crippen LogP contribution in [0.3, 0.4) is 0 Å². The molecule has 0 amide bonds. The maximum atomic E-state index is 11.8. The van der Waals surface area contributed by atoms with Gasteiger partial charge in [0.2, 0.25) is 0 Å². The molecule has 0 aliphatic rings. The molecule has 0 saturated heterocycles. The monoisotopic (exact) mass is 378 g/mol. The summed E-state index contributed by atoms with van der Waals surface area (Å²) in [7, 11) is 0. The minimum atomic E-state index is -1.96. The van der Waals surface area contributed by atoms with Crippen molar-refractivity contribution in [3.63, 3.8) is 0 Å². The first-order chi connectivity index (χ1) is 12.3. The summed E-state index contributed by atoms with van der Waals surface area (Å²) in [6.07, 6.45) is -4.38. The summed E-state index contributed by atoms with van der Waals surface area (Å²) < 4.78 is 4.80. The Balaban J connectivity index is 4.37. The summed E-state index contributed by atoms with van der Waals surface area (Å²) in [5, 5.41) is 49.2. The van der Waals surface area contributed by atoms with Crippen LogP contribution in [0.1, 0.15) is 65.2 Å². The zero-order chi connectivity index (χ0) is 20.1. The molecule has 8 heteroatoms. The average molecular weight is 378 g/mol. The zero-order valence-electron chi connectivity index (χ0n) is 15.7. The van der Waals surface area contributed by atoms with Crippen molar-refractivity contribution in [3.05, 3.63) is 0 Å². The molecule has 0 aliphatic carbocycles. The van der Waals surface area contributed by atoms with Crippen molar-refractivity contribution in [1.29, 1.82) is 0 Å². The summed E-state index contributed by atoms with van der Waals surface area (Å²) in [4.78, 5) is 23.2. The predicted octanol–water partition coefficient (Wildman–Crippen LogP) is 0.0638. The Labute approximate surface area is 154 Å². The van der Waals surface area contributed by atoms with Gasteiger partial charge in [0.25, 0.3) is 0 Å². The first-order valence-corrected chi connectivity index (χ1v) is 9.34. The molecule has 0 spiro atoms. The number of aliphatic hydroxyl groups is 5. The number of esters is 1. The lowest BCUT2D eigenvalue weighted by Gasteiger charge is -2.28. The molecule has 5 N–H and O–H groups in total. The van der Waals surface area contributed by atoms with E-state index in [0.717, 1.165) is 25.7 Å². The average Bonchev–Trinajstić information content (AvgIpc) is 2.63. The van der Waals surface area contributed by atoms with Crippen LogP contribution in [-0.2, 0) is 14.3 Å². The lowest BCUT2D eigenvalue weighted by molar-refractivity contribution is -0.163. The maximum absolute atomic E-state index is 11.8. The van der Waals surface area contributed by atoms with E-state index in [1.807, 2.05) is 13.8 Å². The van der Waals surface area contributed by atoms with Gasteiger partial charge in [0.05, 0.1) is 0 Å². The fraction of sp³-hybridized carbons (Fsp3) is 0.889. The van der Waals surface area contributed by atoms with Crippen LogP contribution in [0.4, 0.5) is 0 Å². The van der Waals surface area contributed by atoms with Crippen LogP contribution in [0.25, 0.3) is 0 Å². The summed E-state index contributed by atoms with van der Waals surface area (Å²) in [5.74, 6) is -1.18. The van der Waals surface area contributed by atoms with Crippen molar-refractivity contribution in [1.82, 2.24) is 0 Å². The van der Waals surface area contributed by atoms with Crippen LogP contribution >= 0.6 is 0 Å². The van der Waals surface area contributed by atoms with Crippen molar-refractivity contribution in [2.24, 2.45) is 0 Å². The number of carbonyl (C=O) groups is 2. The second-order valence-corrected chi connectivity index (χ2v) is 6.55. The molecule has 0 bridgehead atoms. The molecule has 0 aromatic carbocycles. The van der Waals surface area contributed by atoms with Gasteiger partial charge in [0, 0.05) is 12.8 Å². The Kier molecular flexibility index (Phi) is 13.5. The van der Waals surface area contributed by atoms with Crippen LogP contribution in [0.15, 0.2) is 0 Å². The lowest BCUT2D eigenvalue weighted by Crippen LogP contribution is -2.52. The number of rotatable bonds is 15. The third kappa shape index (κ3) is 9.59. The molecule has 0 heterocycles. The highest BCUT2D eigenvalue weighted by Crippen LogP contribution is 2.13. The van der Waals surface area contributed by atoms with Crippen molar-refractivity contribution in [3.8, 4) is 0 Å². The van der Waals surface area contributed by atoms with Crippen molar-refractivity contribution in [2.75, 3.05) is 6.61 Å². The number of aliphatic hydroxyl groups excluding tert-OH is 5. The minimum Gasteiger partial charge on any atom is -0.463 e. The number of hydrogen-bond acceptors (Lipinski definition) is 8. The second kappa shape index (κ2) is 14.1. The molecule has 0 aliphatic heterocycles. The number of ketones is 1. The molecule has 26 heavy (non-hydrogen) atoms.